The maximum atomic E-state index is 13.3. The summed E-state index contributed by atoms with van der Waals surface area (Å²) in [6.45, 7) is 3.93. The van der Waals surface area contributed by atoms with Crippen molar-refractivity contribution in [2.24, 2.45) is 0 Å². The fourth-order valence-electron chi connectivity index (χ4n) is 2.82. The Labute approximate surface area is 172 Å². The van der Waals surface area contributed by atoms with Crippen LogP contribution < -0.4 is 9.64 Å². The van der Waals surface area contributed by atoms with E-state index in [0.717, 1.165) is 4.90 Å². The van der Waals surface area contributed by atoms with Crippen molar-refractivity contribution in [1.29, 1.82) is 0 Å². The number of carbonyl (C=O) groups is 2. The highest BCUT2D eigenvalue weighted by Crippen LogP contribution is 2.44. The predicted molar refractivity (Wildman–Crippen MR) is 112 cm³/mol. The summed E-state index contributed by atoms with van der Waals surface area (Å²) < 4.78 is 5.41. The molecule has 0 saturated carbocycles. The van der Waals surface area contributed by atoms with E-state index in [0.29, 0.717) is 26.8 Å². The number of halogens is 2. The monoisotopic (exact) mass is 421 g/mol. The standard InChI is InChI=1S/C20H17Cl2NO3S/c1-11(2)27-18-17(13-6-4-5-7-16(13)26-3)19(24)23(20(18)25)15-10-12(21)8-9-14(15)22/h4-11H,1-3H3. The fourth-order valence-corrected chi connectivity index (χ4v) is 4.17. The van der Waals surface area contributed by atoms with E-state index in [1.807, 2.05) is 19.9 Å². The second kappa shape index (κ2) is 7.97. The first kappa shape index (κ1) is 19.8. The molecular formula is C20H17Cl2NO3S. The minimum atomic E-state index is -0.447. The molecule has 0 unspecified atom stereocenters. The summed E-state index contributed by atoms with van der Waals surface area (Å²) >= 11 is 13.7. The van der Waals surface area contributed by atoms with Gasteiger partial charge in [0.15, 0.2) is 0 Å². The van der Waals surface area contributed by atoms with Gasteiger partial charge in [-0.05, 0) is 24.3 Å². The summed E-state index contributed by atoms with van der Waals surface area (Å²) in [6.07, 6.45) is 0. The molecule has 0 saturated heterocycles. The zero-order chi connectivity index (χ0) is 19.7. The Morgan fingerprint density at radius 3 is 2.41 bits per heavy atom. The average molecular weight is 422 g/mol. The SMILES string of the molecule is COc1ccccc1C1=C(SC(C)C)C(=O)N(c2cc(Cl)ccc2Cl)C1=O. The first-order valence-electron chi connectivity index (χ1n) is 8.23. The molecule has 1 aliphatic rings. The molecule has 2 amide bonds. The average Bonchev–Trinajstić information content (AvgIpc) is 2.86. The van der Waals surface area contributed by atoms with Gasteiger partial charge in [-0.25, -0.2) is 4.90 Å². The normalized spacial score (nSPS) is 14.5. The molecule has 0 aliphatic carbocycles. The molecule has 4 nitrogen and oxygen atoms in total. The third-order valence-electron chi connectivity index (χ3n) is 3.92. The molecule has 0 spiro atoms. The maximum absolute atomic E-state index is 13.3. The van der Waals surface area contributed by atoms with Gasteiger partial charge < -0.3 is 4.74 Å². The van der Waals surface area contributed by atoms with Crippen LogP contribution in [0.25, 0.3) is 5.57 Å². The van der Waals surface area contributed by atoms with Gasteiger partial charge in [-0.15, -0.1) is 11.8 Å². The third kappa shape index (κ3) is 3.72. The second-order valence-corrected chi connectivity index (χ2v) is 8.54. The van der Waals surface area contributed by atoms with Crippen molar-refractivity contribution in [2.45, 2.75) is 19.1 Å². The van der Waals surface area contributed by atoms with Crippen LogP contribution in [0.15, 0.2) is 47.4 Å². The van der Waals surface area contributed by atoms with Crippen LogP contribution in [-0.2, 0) is 9.59 Å². The Bertz CT molecular complexity index is 956. The van der Waals surface area contributed by atoms with Crippen LogP contribution >= 0.6 is 35.0 Å². The van der Waals surface area contributed by atoms with Crippen LogP contribution in [0.1, 0.15) is 19.4 Å². The zero-order valence-electron chi connectivity index (χ0n) is 15.0. The Hall–Kier alpha value is -1.95. The van der Waals surface area contributed by atoms with Crippen LogP contribution in [0, 0.1) is 0 Å². The van der Waals surface area contributed by atoms with Gasteiger partial charge in [0.1, 0.15) is 5.75 Å². The summed E-state index contributed by atoms with van der Waals surface area (Å²) in [5.41, 5.74) is 1.15. The number of imide groups is 1. The van der Waals surface area contributed by atoms with Crippen LogP contribution in [-0.4, -0.2) is 24.2 Å². The number of carbonyl (C=O) groups excluding carboxylic acids is 2. The molecule has 27 heavy (non-hydrogen) atoms. The van der Waals surface area contributed by atoms with Crippen LogP contribution in [0.4, 0.5) is 5.69 Å². The Morgan fingerprint density at radius 2 is 1.74 bits per heavy atom. The van der Waals surface area contributed by atoms with Gasteiger partial charge in [0.05, 0.1) is 28.3 Å². The van der Waals surface area contributed by atoms with Crippen LogP contribution in [0.5, 0.6) is 5.75 Å². The van der Waals surface area contributed by atoms with Crippen molar-refractivity contribution in [3.8, 4) is 5.75 Å². The number of para-hydroxylation sites is 1. The Balaban J connectivity index is 2.19. The van der Waals surface area contributed by atoms with Crippen molar-refractivity contribution in [2.75, 3.05) is 12.0 Å². The number of ether oxygens (including phenoxy) is 1. The van der Waals surface area contributed by atoms with Gasteiger partial charge in [-0.1, -0.05) is 55.2 Å². The lowest BCUT2D eigenvalue weighted by Gasteiger charge is -2.17. The number of thioether (sulfide) groups is 1. The van der Waals surface area contributed by atoms with Gasteiger partial charge in [0.25, 0.3) is 11.8 Å². The summed E-state index contributed by atoms with van der Waals surface area (Å²) in [5.74, 6) is -0.338. The molecule has 0 aromatic heterocycles. The van der Waals surface area contributed by atoms with Crippen LogP contribution in [0.2, 0.25) is 10.0 Å². The number of methoxy groups -OCH3 is 1. The van der Waals surface area contributed by atoms with Gasteiger partial charge in [-0.3, -0.25) is 9.59 Å². The summed E-state index contributed by atoms with van der Waals surface area (Å²) in [5, 5.41) is 0.770. The quantitative estimate of drug-likeness (QED) is 0.603. The highest BCUT2D eigenvalue weighted by Gasteiger charge is 2.42. The number of rotatable bonds is 5. The lowest BCUT2D eigenvalue weighted by atomic mass is 10.0. The van der Waals surface area contributed by atoms with Crippen molar-refractivity contribution in [3.63, 3.8) is 0 Å². The molecular weight excluding hydrogens is 405 g/mol. The number of benzene rings is 2. The first-order chi connectivity index (χ1) is 12.8. The van der Waals surface area contributed by atoms with Gasteiger partial charge in [-0.2, -0.15) is 0 Å². The van der Waals surface area contributed by atoms with Gasteiger partial charge >= 0.3 is 0 Å². The predicted octanol–water partition coefficient (Wildman–Crippen LogP) is 5.43. The van der Waals surface area contributed by atoms with E-state index in [-0.39, 0.29) is 16.0 Å². The maximum Gasteiger partial charge on any atom is 0.272 e. The van der Waals surface area contributed by atoms with Crippen molar-refractivity contribution in [3.05, 3.63) is 63.0 Å². The van der Waals surface area contributed by atoms with E-state index in [2.05, 4.69) is 0 Å². The van der Waals surface area contributed by atoms with E-state index < -0.39 is 11.8 Å². The number of nitrogens with zero attached hydrogens (tertiary/aromatic N) is 1. The zero-order valence-corrected chi connectivity index (χ0v) is 17.3. The minimum Gasteiger partial charge on any atom is -0.496 e. The van der Waals surface area contributed by atoms with Gasteiger partial charge in [0.2, 0.25) is 0 Å². The molecule has 0 atom stereocenters. The van der Waals surface area contributed by atoms with E-state index >= 15 is 0 Å². The van der Waals surface area contributed by atoms with Crippen LogP contribution in [0.3, 0.4) is 0 Å². The molecule has 2 aromatic carbocycles. The number of amides is 2. The first-order valence-corrected chi connectivity index (χ1v) is 9.86. The van der Waals surface area contributed by atoms with E-state index in [4.69, 9.17) is 27.9 Å². The number of anilines is 1. The molecule has 0 N–H and O–H groups in total. The third-order valence-corrected chi connectivity index (χ3v) is 5.56. The molecule has 0 fully saturated rings. The van der Waals surface area contributed by atoms with Crippen molar-refractivity contribution < 1.29 is 14.3 Å². The molecule has 7 heteroatoms. The number of hydrogen-bond donors (Lipinski definition) is 0. The lowest BCUT2D eigenvalue weighted by Crippen LogP contribution is -2.31. The smallest absolute Gasteiger partial charge is 0.272 e. The number of hydrogen-bond acceptors (Lipinski definition) is 4. The van der Waals surface area contributed by atoms with E-state index in [1.165, 1.54) is 24.9 Å². The lowest BCUT2D eigenvalue weighted by molar-refractivity contribution is -0.119. The van der Waals surface area contributed by atoms with Gasteiger partial charge in [0, 0.05) is 15.8 Å². The van der Waals surface area contributed by atoms with Crippen molar-refractivity contribution >= 4 is 58.0 Å². The molecule has 1 heterocycles. The largest absolute Gasteiger partial charge is 0.496 e. The summed E-state index contributed by atoms with van der Waals surface area (Å²) in [6, 6.07) is 11.8. The molecule has 140 valence electrons. The van der Waals surface area contributed by atoms with E-state index in [9.17, 15) is 9.59 Å². The molecule has 1 aliphatic heterocycles. The second-order valence-electron chi connectivity index (χ2n) is 6.11. The summed E-state index contributed by atoms with van der Waals surface area (Å²) in [7, 11) is 1.53. The molecule has 2 aromatic rings. The highest BCUT2D eigenvalue weighted by molar-refractivity contribution is 8.04. The topological polar surface area (TPSA) is 46.6 Å². The highest BCUT2D eigenvalue weighted by atomic mass is 35.5. The summed E-state index contributed by atoms with van der Waals surface area (Å²) in [4.78, 5) is 28.0. The molecule has 0 bridgehead atoms. The van der Waals surface area contributed by atoms with Crippen molar-refractivity contribution in [1.82, 2.24) is 0 Å². The van der Waals surface area contributed by atoms with E-state index in [1.54, 1.807) is 30.3 Å². The fraction of sp³-hybridized carbons (Fsp3) is 0.200. The molecule has 0 radical (unpaired) electrons. The molecule has 3 rings (SSSR count). The minimum absolute atomic E-state index is 0.108. The Morgan fingerprint density at radius 1 is 1.04 bits per heavy atom. The Kier molecular flexibility index (Phi) is 5.84.